The Morgan fingerprint density at radius 3 is 2.62 bits per heavy atom. The summed E-state index contributed by atoms with van der Waals surface area (Å²) in [6, 6.07) is 14.7. The summed E-state index contributed by atoms with van der Waals surface area (Å²) < 4.78 is 5.05. The first-order valence-electron chi connectivity index (χ1n) is 6.80. The topological polar surface area (TPSA) is 58.6 Å². The zero-order valence-electron chi connectivity index (χ0n) is 12.2. The van der Waals surface area contributed by atoms with Gasteiger partial charge in [-0.1, -0.05) is 36.4 Å². The Morgan fingerprint density at radius 2 is 1.95 bits per heavy atom. The molecular formula is C17H19NO3. The van der Waals surface area contributed by atoms with Crippen LogP contribution in [0.15, 0.2) is 48.5 Å². The van der Waals surface area contributed by atoms with Crippen molar-refractivity contribution in [2.75, 3.05) is 7.11 Å². The van der Waals surface area contributed by atoms with Gasteiger partial charge in [-0.3, -0.25) is 4.79 Å². The summed E-state index contributed by atoms with van der Waals surface area (Å²) in [5.74, 6) is 0.251. The zero-order valence-corrected chi connectivity index (χ0v) is 12.2. The fourth-order valence-electron chi connectivity index (χ4n) is 2.07. The molecule has 0 aromatic heterocycles. The Bertz CT molecular complexity index is 611. The van der Waals surface area contributed by atoms with Gasteiger partial charge in [0.05, 0.1) is 13.0 Å². The minimum Gasteiger partial charge on any atom is -0.504 e. The number of aromatic hydroxyl groups is 1. The van der Waals surface area contributed by atoms with Crippen LogP contribution >= 0.6 is 0 Å². The largest absolute Gasteiger partial charge is 0.504 e. The van der Waals surface area contributed by atoms with E-state index in [2.05, 4.69) is 5.32 Å². The number of amides is 1. The standard InChI is InChI=1S/C17H19NO3/c1-12(14-6-4-3-5-7-14)17(20)18-11-13-8-9-15(19)16(10-13)21-2/h3-10,12,19H,11H2,1-2H3,(H,18,20). The van der Waals surface area contributed by atoms with Gasteiger partial charge in [0.1, 0.15) is 0 Å². The van der Waals surface area contributed by atoms with Crippen molar-refractivity contribution in [1.29, 1.82) is 0 Å². The van der Waals surface area contributed by atoms with Crippen molar-refractivity contribution in [3.05, 3.63) is 59.7 Å². The predicted octanol–water partition coefficient (Wildman–Crippen LogP) is 2.82. The fourth-order valence-corrected chi connectivity index (χ4v) is 2.07. The number of benzene rings is 2. The molecule has 0 bridgehead atoms. The van der Waals surface area contributed by atoms with Crippen LogP contribution < -0.4 is 10.1 Å². The van der Waals surface area contributed by atoms with E-state index in [1.807, 2.05) is 37.3 Å². The molecule has 0 saturated heterocycles. The normalized spacial score (nSPS) is 11.7. The number of hydrogen-bond donors (Lipinski definition) is 2. The number of carbonyl (C=O) groups excluding carboxylic acids is 1. The molecular weight excluding hydrogens is 266 g/mol. The van der Waals surface area contributed by atoms with E-state index in [9.17, 15) is 9.90 Å². The molecule has 2 aromatic carbocycles. The summed E-state index contributed by atoms with van der Waals surface area (Å²) in [4.78, 5) is 12.1. The molecule has 1 atom stereocenters. The summed E-state index contributed by atoms with van der Waals surface area (Å²) in [6.07, 6.45) is 0. The van der Waals surface area contributed by atoms with Crippen molar-refractivity contribution >= 4 is 5.91 Å². The van der Waals surface area contributed by atoms with Crippen molar-refractivity contribution in [3.8, 4) is 11.5 Å². The van der Waals surface area contributed by atoms with Gasteiger partial charge in [-0.05, 0) is 30.2 Å². The Morgan fingerprint density at radius 1 is 1.24 bits per heavy atom. The van der Waals surface area contributed by atoms with Crippen molar-refractivity contribution in [2.24, 2.45) is 0 Å². The molecule has 0 fully saturated rings. The summed E-state index contributed by atoms with van der Waals surface area (Å²) in [7, 11) is 1.49. The number of ether oxygens (including phenoxy) is 1. The molecule has 0 spiro atoms. The third-order valence-corrected chi connectivity index (χ3v) is 3.40. The molecule has 4 heteroatoms. The Labute approximate surface area is 124 Å². The third-order valence-electron chi connectivity index (χ3n) is 3.40. The van der Waals surface area contributed by atoms with Gasteiger partial charge in [-0.2, -0.15) is 0 Å². The highest BCUT2D eigenvalue weighted by Gasteiger charge is 2.14. The van der Waals surface area contributed by atoms with Crippen LogP contribution in [0, 0.1) is 0 Å². The minimum atomic E-state index is -0.204. The second kappa shape index (κ2) is 6.79. The maximum absolute atomic E-state index is 12.1. The molecule has 1 amide bonds. The molecule has 0 saturated carbocycles. The van der Waals surface area contributed by atoms with Crippen LogP contribution in [0.3, 0.4) is 0 Å². The zero-order chi connectivity index (χ0) is 15.2. The number of methoxy groups -OCH3 is 1. The molecule has 1 unspecified atom stereocenters. The molecule has 0 heterocycles. The SMILES string of the molecule is COc1cc(CNC(=O)C(C)c2ccccc2)ccc1O. The molecule has 2 N–H and O–H groups in total. The predicted molar refractivity (Wildman–Crippen MR) is 81.4 cm³/mol. The van der Waals surface area contributed by atoms with E-state index in [4.69, 9.17) is 4.74 Å². The van der Waals surface area contributed by atoms with Crippen LogP contribution in [0.2, 0.25) is 0 Å². The van der Waals surface area contributed by atoms with Crippen molar-refractivity contribution in [2.45, 2.75) is 19.4 Å². The van der Waals surface area contributed by atoms with E-state index in [-0.39, 0.29) is 17.6 Å². The van der Waals surface area contributed by atoms with Gasteiger partial charge < -0.3 is 15.2 Å². The van der Waals surface area contributed by atoms with Crippen LogP contribution in [-0.4, -0.2) is 18.1 Å². The molecule has 2 aromatic rings. The van der Waals surface area contributed by atoms with Gasteiger partial charge in [0.2, 0.25) is 5.91 Å². The molecule has 0 aliphatic heterocycles. The van der Waals surface area contributed by atoms with Crippen LogP contribution in [0.5, 0.6) is 11.5 Å². The Balaban J connectivity index is 1.98. The molecule has 4 nitrogen and oxygen atoms in total. The number of carbonyl (C=O) groups is 1. The lowest BCUT2D eigenvalue weighted by atomic mass is 10.0. The van der Waals surface area contributed by atoms with E-state index in [0.29, 0.717) is 12.3 Å². The molecule has 0 aliphatic carbocycles. The van der Waals surface area contributed by atoms with Crippen molar-refractivity contribution in [1.82, 2.24) is 5.32 Å². The third kappa shape index (κ3) is 3.75. The van der Waals surface area contributed by atoms with E-state index in [1.54, 1.807) is 18.2 Å². The van der Waals surface area contributed by atoms with Crippen LogP contribution in [0.4, 0.5) is 0 Å². The van der Waals surface area contributed by atoms with E-state index in [0.717, 1.165) is 11.1 Å². The van der Waals surface area contributed by atoms with E-state index < -0.39 is 0 Å². The quantitative estimate of drug-likeness (QED) is 0.888. The van der Waals surface area contributed by atoms with Crippen LogP contribution in [-0.2, 0) is 11.3 Å². The minimum absolute atomic E-state index is 0.0340. The number of nitrogens with one attached hydrogen (secondary N) is 1. The lowest BCUT2D eigenvalue weighted by molar-refractivity contribution is -0.122. The van der Waals surface area contributed by atoms with Crippen LogP contribution in [0.1, 0.15) is 24.0 Å². The lowest BCUT2D eigenvalue weighted by Gasteiger charge is -2.13. The van der Waals surface area contributed by atoms with E-state index >= 15 is 0 Å². The second-order valence-electron chi connectivity index (χ2n) is 4.86. The average molecular weight is 285 g/mol. The van der Waals surface area contributed by atoms with Gasteiger partial charge in [0.25, 0.3) is 0 Å². The first-order valence-corrected chi connectivity index (χ1v) is 6.80. The lowest BCUT2D eigenvalue weighted by Crippen LogP contribution is -2.27. The van der Waals surface area contributed by atoms with Crippen molar-refractivity contribution in [3.63, 3.8) is 0 Å². The van der Waals surface area contributed by atoms with Gasteiger partial charge in [-0.25, -0.2) is 0 Å². The van der Waals surface area contributed by atoms with Gasteiger partial charge in [0.15, 0.2) is 11.5 Å². The van der Waals surface area contributed by atoms with E-state index in [1.165, 1.54) is 7.11 Å². The summed E-state index contributed by atoms with van der Waals surface area (Å²) in [5, 5.41) is 12.4. The number of hydrogen-bond acceptors (Lipinski definition) is 3. The average Bonchev–Trinajstić information content (AvgIpc) is 2.53. The highest BCUT2D eigenvalue weighted by atomic mass is 16.5. The van der Waals surface area contributed by atoms with Gasteiger partial charge in [0, 0.05) is 6.54 Å². The molecule has 2 rings (SSSR count). The molecule has 21 heavy (non-hydrogen) atoms. The first kappa shape index (κ1) is 14.9. The number of phenolic OH excluding ortho intramolecular Hbond substituents is 1. The number of rotatable bonds is 5. The monoisotopic (exact) mass is 285 g/mol. The van der Waals surface area contributed by atoms with Gasteiger partial charge in [-0.15, -0.1) is 0 Å². The highest BCUT2D eigenvalue weighted by molar-refractivity contribution is 5.83. The Kier molecular flexibility index (Phi) is 4.82. The smallest absolute Gasteiger partial charge is 0.227 e. The van der Waals surface area contributed by atoms with Crippen molar-refractivity contribution < 1.29 is 14.6 Å². The fraction of sp³-hybridized carbons (Fsp3) is 0.235. The molecule has 0 aliphatic rings. The molecule has 110 valence electrons. The summed E-state index contributed by atoms with van der Waals surface area (Å²) >= 11 is 0. The summed E-state index contributed by atoms with van der Waals surface area (Å²) in [5.41, 5.74) is 1.86. The van der Waals surface area contributed by atoms with Crippen LogP contribution in [0.25, 0.3) is 0 Å². The number of phenols is 1. The van der Waals surface area contributed by atoms with Gasteiger partial charge >= 0.3 is 0 Å². The summed E-state index contributed by atoms with van der Waals surface area (Å²) in [6.45, 7) is 2.27. The molecule has 0 radical (unpaired) electrons. The Hall–Kier alpha value is -2.49. The highest BCUT2D eigenvalue weighted by Crippen LogP contribution is 2.26. The maximum atomic E-state index is 12.1. The second-order valence-corrected chi connectivity index (χ2v) is 4.86. The first-order chi connectivity index (χ1) is 10.1. The maximum Gasteiger partial charge on any atom is 0.227 e.